The van der Waals surface area contributed by atoms with E-state index in [4.69, 9.17) is 9.47 Å². The number of esters is 1. The van der Waals surface area contributed by atoms with E-state index in [2.05, 4.69) is 10.6 Å². The van der Waals surface area contributed by atoms with Crippen LogP contribution >= 0.6 is 0 Å². The van der Waals surface area contributed by atoms with Crippen LogP contribution in [0.4, 0.5) is 4.79 Å². The number of fused-ring (bicyclic) bond motifs is 1. The van der Waals surface area contributed by atoms with Crippen LogP contribution in [0.5, 0.6) is 5.75 Å². The fourth-order valence-electron chi connectivity index (χ4n) is 2.20. The van der Waals surface area contributed by atoms with Crippen molar-refractivity contribution in [2.24, 2.45) is 0 Å². The molecule has 2 aromatic rings. The van der Waals surface area contributed by atoms with Crippen LogP contribution in [-0.4, -0.2) is 37.2 Å². The van der Waals surface area contributed by atoms with Gasteiger partial charge in [-0.1, -0.05) is 30.3 Å². The second-order valence-corrected chi connectivity index (χ2v) is 5.75. The number of nitrogens with one attached hydrogen (secondary N) is 2. The van der Waals surface area contributed by atoms with Crippen molar-refractivity contribution in [3.05, 3.63) is 42.5 Å². The lowest BCUT2D eigenvalue weighted by molar-refractivity contribution is -0.150. The predicted molar refractivity (Wildman–Crippen MR) is 90.1 cm³/mol. The van der Waals surface area contributed by atoms with E-state index in [1.54, 1.807) is 6.07 Å². The Morgan fingerprint density at radius 3 is 2.52 bits per heavy atom. The van der Waals surface area contributed by atoms with Gasteiger partial charge in [0.2, 0.25) is 0 Å². The fourth-order valence-corrected chi connectivity index (χ4v) is 2.20. The number of hydrogen-bond acceptors (Lipinski definition) is 5. The summed E-state index contributed by atoms with van der Waals surface area (Å²) >= 11 is 0. The van der Waals surface area contributed by atoms with Crippen LogP contribution in [0.2, 0.25) is 0 Å². The number of carbonyl (C=O) groups is 3. The van der Waals surface area contributed by atoms with Crippen molar-refractivity contribution in [2.75, 3.05) is 13.2 Å². The van der Waals surface area contributed by atoms with E-state index in [0.29, 0.717) is 5.75 Å². The van der Waals surface area contributed by atoms with Crippen LogP contribution in [0.25, 0.3) is 10.8 Å². The SMILES string of the molecule is O=C(COC(=O)COc1ccc2ccccc2c1)NC(=O)NC1CC1. The molecule has 1 aliphatic rings. The van der Waals surface area contributed by atoms with E-state index in [1.165, 1.54) is 0 Å². The Balaban J connectivity index is 1.39. The maximum absolute atomic E-state index is 11.6. The second-order valence-electron chi connectivity index (χ2n) is 5.75. The molecular formula is C18H18N2O5. The van der Waals surface area contributed by atoms with Crippen LogP contribution in [0.3, 0.4) is 0 Å². The largest absolute Gasteiger partial charge is 0.482 e. The van der Waals surface area contributed by atoms with Gasteiger partial charge in [0.15, 0.2) is 13.2 Å². The third-order valence-electron chi connectivity index (χ3n) is 3.61. The highest BCUT2D eigenvalue weighted by atomic mass is 16.6. The summed E-state index contributed by atoms with van der Waals surface area (Å²) in [6.45, 7) is -0.849. The summed E-state index contributed by atoms with van der Waals surface area (Å²) in [6.07, 6.45) is 1.84. The van der Waals surface area contributed by atoms with E-state index >= 15 is 0 Å². The molecule has 1 fully saturated rings. The number of urea groups is 1. The summed E-state index contributed by atoms with van der Waals surface area (Å²) in [6, 6.07) is 12.8. The number of ether oxygens (including phenoxy) is 2. The first kappa shape index (κ1) is 16.8. The highest BCUT2D eigenvalue weighted by Crippen LogP contribution is 2.20. The molecule has 0 atom stereocenters. The van der Waals surface area contributed by atoms with Crippen molar-refractivity contribution < 1.29 is 23.9 Å². The Bertz CT molecular complexity index is 801. The zero-order valence-corrected chi connectivity index (χ0v) is 13.5. The summed E-state index contributed by atoms with van der Waals surface area (Å²) in [5, 5.41) is 6.75. The second kappa shape index (κ2) is 7.65. The molecule has 2 aromatic carbocycles. The molecule has 0 radical (unpaired) electrons. The smallest absolute Gasteiger partial charge is 0.344 e. The Kier molecular flexibility index (Phi) is 5.13. The van der Waals surface area contributed by atoms with Crippen LogP contribution < -0.4 is 15.4 Å². The molecule has 1 saturated carbocycles. The minimum absolute atomic E-state index is 0.144. The Morgan fingerprint density at radius 2 is 1.76 bits per heavy atom. The molecule has 1 aliphatic carbocycles. The van der Waals surface area contributed by atoms with Crippen LogP contribution in [0.15, 0.2) is 42.5 Å². The molecule has 0 saturated heterocycles. The van der Waals surface area contributed by atoms with Crippen molar-refractivity contribution >= 4 is 28.7 Å². The summed E-state index contributed by atoms with van der Waals surface area (Å²) in [4.78, 5) is 34.5. The van der Waals surface area contributed by atoms with Gasteiger partial charge in [0, 0.05) is 6.04 Å². The quantitative estimate of drug-likeness (QED) is 0.780. The highest BCUT2D eigenvalue weighted by molar-refractivity contribution is 5.95. The van der Waals surface area contributed by atoms with Gasteiger partial charge in [0.25, 0.3) is 5.91 Å². The molecule has 2 N–H and O–H groups in total. The van der Waals surface area contributed by atoms with Gasteiger partial charge in [0.1, 0.15) is 5.75 Å². The molecule has 0 unspecified atom stereocenters. The normalized spacial score (nSPS) is 13.1. The van der Waals surface area contributed by atoms with Gasteiger partial charge >= 0.3 is 12.0 Å². The zero-order chi connectivity index (χ0) is 17.6. The molecule has 7 heteroatoms. The lowest BCUT2D eigenvalue weighted by atomic mass is 10.1. The molecule has 25 heavy (non-hydrogen) atoms. The predicted octanol–water partition coefficient (Wildman–Crippen LogP) is 1.75. The lowest BCUT2D eigenvalue weighted by Crippen LogP contribution is -2.42. The first-order valence-corrected chi connectivity index (χ1v) is 7.98. The first-order chi connectivity index (χ1) is 12.1. The van der Waals surface area contributed by atoms with Crippen molar-refractivity contribution in [1.29, 1.82) is 0 Å². The van der Waals surface area contributed by atoms with Crippen LogP contribution in [-0.2, 0) is 14.3 Å². The number of hydrogen-bond donors (Lipinski definition) is 2. The van der Waals surface area contributed by atoms with Crippen molar-refractivity contribution in [1.82, 2.24) is 10.6 Å². The summed E-state index contributed by atoms with van der Waals surface area (Å²) in [5.74, 6) is -0.841. The average molecular weight is 342 g/mol. The minimum Gasteiger partial charge on any atom is -0.482 e. The van der Waals surface area contributed by atoms with E-state index in [1.807, 2.05) is 36.4 Å². The third-order valence-corrected chi connectivity index (χ3v) is 3.61. The van der Waals surface area contributed by atoms with E-state index in [9.17, 15) is 14.4 Å². The Labute approximate surface area is 144 Å². The standard InChI is InChI=1S/C18H18N2O5/c21-16(20-18(23)19-14-6-7-14)10-25-17(22)11-24-15-8-5-12-3-1-2-4-13(12)9-15/h1-5,8-9,14H,6-7,10-11H2,(H2,19,20,21,23). The highest BCUT2D eigenvalue weighted by Gasteiger charge is 2.24. The summed E-state index contributed by atoms with van der Waals surface area (Å²) < 4.78 is 10.1. The van der Waals surface area contributed by atoms with Gasteiger partial charge < -0.3 is 14.8 Å². The summed E-state index contributed by atoms with van der Waals surface area (Å²) in [5.41, 5.74) is 0. The molecule has 0 spiro atoms. The molecule has 7 nitrogen and oxygen atoms in total. The van der Waals surface area contributed by atoms with E-state index in [0.717, 1.165) is 23.6 Å². The Morgan fingerprint density at radius 1 is 1.00 bits per heavy atom. The van der Waals surface area contributed by atoms with Gasteiger partial charge in [-0.25, -0.2) is 9.59 Å². The Hall–Kier alpha value is -3.09. The van der Waals surface area contributed by atoms with Gasteiger partial charge in [-0.3, -0.25) is 10.1 Å². The minimum atomic E-state index is -0.689. The molecule has 3 amide bonds. The molecule has 3 rings (SSSR count). The molecule has 0 heterocycles. The summed E-state index contributed by atoms with van der Waals surface area (Å²) in [7, 11) is 0. The topological polar surface area (TPSA) is 93.7 Å². The maximum Gasteiger partial charge on any atom is 0.344 e. The maximum atomic E-state index is 11.6. The fraction of sp³-hybridized carbons (Fsp3) is 0.278. The molecule has 0 aromatic heterocycles. The van der Waals surface area contributed by atoms with Crippen molar-refractivity contribution in [2.45, 2.75) is 18.9 Å². The number of carbonyl (C=O) groups excluding carboxylic acids is 3. The monoisotopic (exact) mass is 342 g/mol. The average Bonchev–Trinajstić information content (AvgIpc) is 3.41. The third kappa shape index (κ3) is 5.20. The molecule has 130 valence electrons. The van der Waals surface area contributed by atoms with Gasteiger partial charge in [0.05, 0.1) is 0 Å². The zero-order valence-electron chi connectivity index (χ0n) is 13.5. The molecule has 0 aliphatic heterocycles. The lowest BCUT2D eigenvalue weighted by Gasteiger charge is -2.08. The number of imide groups is 1. The number of rotatable bonds is 6. The van der Waals surface area contributed by atoms with Crippen molar-refractivity contribution in [3.8, 4) is 5.75 Å². The number of benzene rings is 2. The molecule has 0 bridgehead atoms. The van der Waals surface area contributed by atoms with Gasteiger partial charge in [-0.15, -0.1) is 0 Å². The van der Waals surface area contributed by atoms with E-state index in [-0.39, 0.29) is 12.6 Å². The molecular weight excluding hydrogens is 324 g/mol. The first-order valence-electron chi connectivity index (χ1n) is 7.98. The number of amides is 3. The van der Waals surface area contributed by atoms with E-state index < -0.39 is 24.5 Å². The van der Waals surface area contributed by atoms with Crippen LogP contribution in [0, 0.1) is 0 Å². The van der Waals surface area contributed by atoms with Gasteiger partial charge in [-0.2, -0.15) is 0 Å². The van der Waals surface area contributed by atoms with Crippen molar-refractivity contribution in [3.63, 3.8) is 0 Å². The van der Waals surface area contributed by atoms with Crippen LogP contribution in [0.1, 0.15) is 12.8 Å². The van der Waals surface area contributed by atoms with Gasteiger partial charge in [-0.05, 0) is 35.7 Å².